The number of nitrogens with two attached hydrogens (primary N) is 1. The molecule has 0 saturated heterocycles. The second-order valence-electron chi connectivity index (χ2n) is 4.75. The fourth-order valence-corrected chi connectivity index (χ4v) is 2.01. The zero-order valence-electron chi connectivity index (χ0n) is 12.1. The SMILES string of the molecule is CO[C@@H](C(=O)N[C@@H](C(N)=O)[C@H](C)CC#N)c1ccccc1. The van der Waals surface area contributed by atoms with Gasteiger partial charge in [0.15, 0.2) is 6.10 Å². The van der Waals surface area contributed by atoms with Gasteiger partial charge < -0.3 is 15.8 Å². The predicted molar refractivity (Wildman–Crippen MR) is 76.7 cm³/mol. The van der Waals surface area contributed by atoms with Crippen LogP contribution in [0.3, 0.4) is 0 Å². The summed E-state index contributed by atoms with van der Waals surface area (Å²) in [5.74, 6) is -1.50. The van der Waals surface area contributed by atoms with Gasteiger partial charge in [-0.25, -0.2) is 0 Å². The van der Waals surface area contributed by atoms with Gasteiger partial charge in [0, 0.05) is 13.5 Å². The summed E-state index contributed by atoms with van der Waals surface area (Å²) in [6.45, 7) is 1.68. The van der Waals surface area contributed by atoms with Gasteiger partial charge in [-0.05, 0) is 11.5 Å². The van der Waals surface area contributed by atoms with Crippen molar-refractivity contribution < 1.29 is 14.3 Å². The van der Waals surface area contributed by atoms with Gasteiger partial charge in [0.25, 0.3) is 5.91 Å². The molecular formula is C15H19N3O3. The number of benzene rings is 1. The highest BCUT2D eigenvalue weighted by Gasteiger charge is 2.28. The molecule has 2 amide bonds. The fourth-order valence-electron chi connectivity index (χ4n) is 2.01. The predicted octanol–water partition coefficient (Wildman–Crippen LogP) is 0.894. The average molecular weight is 289 g/mol. The molecular weight excluding hydrogens is 270 g/mol. The summed E-state index contributed by atoms with van der Waals surface area (Å²) in [6.07, 6.45) is -0.709. The zero-order chi connectivity index (χ0) is 15.8. The molecule has 0 aromatic heterocycles. The standard InChI is InChI=1S/C15H19N3O3/c1-10(8-9-16)12(14(17)19)18-15(20)13(21-2)11-6-4-3-5-7-11/h3-7,10,12-13H,8H2,1-2H3,(H2,17,19)(H,18,20)/t10-,12-,13-/m1/s1. The van der Waals surface area contributed by atoms with E-state index >= 15 is 0 Å². The molecule has 0 fully saturated rings. The molecule has 21 heavy (non-hydrogen) atoms. The molecule has 1 rings (SSSR count). The summed E-state index contributed by atoms with van der Waals surface area (Å²) in [7, 11) is 1.41. The smallest absolute Gasteiger partial charge is 0.254 e. The van der Waals surface area contributed by atoms with Crippen LogP contribution in [0.4, 0.5) is 0 Å². The molecule has 0 spiro atoms. The molecule has 1 aromatic carbocycles. The number of hydrogen-bond acceptors (Lipinski definition) is 4. The van der Waals surface area contributed by atoms with Crippen LogP contribution in [0.15, 0.2) is 30.3 Å². The lowest BCUT2D eigenvalue weighted by Gasteiger charge is -2.23. The quantitative estimate of drug-likeness (QED) is 0.777. The average Bonchev–Trinajstić information content (AvgIpc) is 2.46. The first-order chi connectivity index (χ1) is 10.0. The molecule has 3 N–H and O–H groups in total. The van der Waals surface area contributed by atoms with Gasteiger partial charge >= 0.3 is 0 Å². The molecule has 0 aliphatic carbocycles. The highest BCUT2D eigenvalue weighted by Crippen LogP contribution is 2.17. The minimum absolute atomic E-state index is 0.122. The number of nitriles is 1. The van der Waals surface area contributed by atoms with Crippen LogP contribution in [0, 0.1) is 17.2 Å². The minimum atomic E-state index is -0.904. The molecule has 0 aliphatic heterocycles. The maximum Gasteiger partial charge on any atom is 0.254 e. The molecule has 0 unspecified atom stereocenters. The number of amides is 2. The van der Waals surface area contributed by atoms with Gasteiger partial charge in [0.05, 0.1) is 6.07 Å². The Balaban J connectivity index is 2.85. The molecule has 0 saturated carbocycles. The third-order valence-corrected chi connectivity index (χ3v) is 3.16. The van der Waals surface area contributed by atoms with E-state index in [0.29, 0.717) is 5.56 Å². The Hall–Kier alpha value is -2.39. The van der Waals surface area contributed by atoms with Crippen LogP contribution in [0.25, 0.3) is 0 Å². The molecule has 6 nitrogen and oxygen atoms in total. The van der Waals surface area contributed by atoms with Gasteiger partial charge in [-0.3, -0.25) is 9.59 Å². The Kier molecular flexibility index (Phi) is 6.37. The number of nitrogens with one attached hydrogen (secondary N) is 1. The molecule has 6 heteroatoms. The van der Waals surface area contributed by atoms with E-state index in [4.69, 9.17) is 15.7 Å². The highest BCUT2D eigenvalue weighted by atomic mass is 16.5. The number of primary amides is 1. The van der Waals surface area contributed by atoms with Crippen molar-refractivity contribution >= 4 is 11.8 Å². The third-order valence-electron chi connectivity index (χ3n) is 3.16. The highest BCUT2D eigenvalue weighted by molar-refractivity contribution is 5.89. The maximum absolute atomic E-state index is 12.3. The lowest BCUT2D eigenvalue weighted by atomic mass is 9.97. The lowest BCUT2D eigenvalue weighted by molar-refractivity contribution is -0.135. The Morgan fingerprint density at radius 3 is 2.48 bits per heavy atom. The summed E-state index contributed by atoms with van der Waals surface area (Å²) in [5, 5.41) is 11.3. The topological polar surface area (TPSA) is 105 Å². The first-order valence-corrected chi connectivity index (χ1v) is 6.55. The summed E-state index contributed by atoms with van der Waals surface area (Å²) < 4.78 is 5.19. The second kappa shape index (κ2) is 8.02. The molecule has 1 aromatic rings. The van der Waals surface area contributed by atoms with Crippen molar-refractivity contribution in [1.82, 2.24) is 5.32 Å². The summed E-state index contributed by atoms with van der Waals surface area (Å²) in [4.78, 5) is 23.7. The van der Waals surface area contributed by atoms with Crippen molar-refractivity contribution in [2.75, 3.05) is 7.11 Å². The van der Waals surface area contributed by atoms with E-state index in [1.54, 1.807) is 31.2 Å². The Bertz CT molecular complexity index is 525. The third kappa shape index (κ3) is 4.58. The van der Waals surface area contributed by atoms with Crippen LogP contribution >= 0.6 is 0 Å². The van der Waals surface area contributed by atoms with Crippen LogP contribution in [0.2, 0.25) is 0 Å². The zero-order valence-corrected chi connectivity index (χ0v) is 12.1. The number of nitrogens with zero attached hydrogens (tertiary/aromatic N) is 1. The number of carbonyl (C=O) groups is 2. The summed E-state index contributed by atoms with van der Waals surface area (Å²) in [6, 6.07) is 9.98. The van der Waals surface area contributed by atoms with Crippen LogP contribution in [0.5, 0.6) is 0 Å². The second-order valence-corrected chi connectivity index (χ2v) is 4.75. The van der Waals surface area contributed by atoms with Gasteiger partial charge in [0.1, 0.15) is 6.04 Å². The molecule has 3 atom stereocenters. The minimum Gasteiger partial charge on any atom is -0.368 e. The normalized spacial score (nSPS) is 14.5. The first kappa shape index (κ1) is 16.7. The van der Waals surface area contributed by atoms with E-state index in [0.717, 1.165) is 0 Å². The van der Waals surface area contributed by atoms with Gasteiger partial charge in [-0.15, -0.1) is 0 Å². The van der Waals surface area contributed by atoms with E-state index < -0.39 is 24.0 Å². The monoisotopic (exact) mass is 289 g/mol. The number of ether oxygens (including phenoxy) is 1. The Labute approximate surface area is 123 Å². The number of methoxy groups -OCH3 is 1. The fraction of sp³-hybridized carbons (Fsp3) is 0.400. The summed E-state index contributed by atoms with van der Waals surface area (Å²) in [5.41, 5.74) is 5.97. The van der Waals surface area contributed by atoms with Gasteiger partial charge in [-0.2, -0.15) is 5.26 Å². The van der Waals surface area contributed by atoms with Crippen molar-refractivity contribution in [3.05, 3.63) is 35.9 Å². The Morgan fingerprint density at radius 2 is 2.00 bits per heavy atom. The largest absolute Gasteiger partial charge is 0.368 e. The van der Waals surface area contributed by atoms with Crippen molar-refractivity contribution in [3.63, 3.8) is 0 Å². The molecule has 0 bridgehead atoms. The van der Waals surface area contributed by atoms with Crippen molar-refractivity contribution in [1.29, 1.82) is 5.26 Å². The van der Waals surface area contributed by atoms with Crippen molar-refractivity contribution in [2.45, 2.75) is 25.5 Å². The van der Waals surface area contributed by atoms with E-state index in [1.807, 2.05) is 12.1 Å². The van der Waals surface area contributed by atoms with Gasteiger partial charge in [-0.1, -0.05) is 37.3 Å². The number of rotatable bonds is 7. The number of carbonyl (C=O) groups excluding carboxylic acids is 2. The van der Waals surface area contributed by atoms with Gasteiger partial charge in [0.2, 0.25) is 5.91 Å². The number of hydrogen-bond donors (Lipinski definition) is 2. The Morgan fingerprint density at radius 1 is 1.38 bits per heavy atom. The van der Waals surface area contributed by atoms with Crippen LogP contribution in [0.1, 0.15) is 25.0 Å². The van der Waals surface area contributed by atoms with E-state index in [-0.39, 0.29) is 12.3 Å². The van der Waals surface area contributed by atoms with Crippen LogP contribution < -0.4 is 11.1 Å². The van der Waals surface area contributed by atoms with Crippen LogP contribution in [-0.2, 0) is 14.3 Å². The van der Waals surface area contributed by atoms with E-state index in [9.17, 15) is 9.59 Å². The van der Waals surface area contributed by atoms with Crippen molar-refractivity contribution in [3.8, 4) is 6.07 Å². The van der Waals surface area contributed by atoms with Crippen molar-refractivity contribution in [2.24, 2.45) is 11.7 Å². The first-order valence-electron chi connectivity index (χ1n) is 6.55. The molecule has 112 valence electrons. The van der Waals surface area contributed by atoms with E-state index in [2.05, 4.69) is 5.32 Å². The summed E-state index contributed by atoms with van der Waals surface area (Å²) >= 11 is 0. The van der Waals surface area contributed by atoms with Crippen LogP contribution in [-0.4, -0.2) is 25.0 Å². The molecule has 0 radical (unpaired) electrons. The molecule has 0 heterocycles. The molecule has 0 aliphatic rings. The van der Waals surface area contributed by atoms with E-state index in [1.165, 1.54) is 7.11 Å². The lowest BCUT2D eigenvalue weighted by Crippen LogP contribution is -2.49. The maximum atomic E-state index is 12.3.